The van der Waals surface area contributed by atoms with Crippen molar-refractivity contribution in [2.24, 2.45) is 0 Å². The smallest absolute Gasteiger partial charge is 0.581 e. The van der Waals surface area contributed by atoms with E-state index >= 15 is 0 Å². The van der Waals surface area contributed by atoms with Crippen molar-refractivity contribution in [1.82, 2.24) is 50.3 Å². The summed E-state index contributed by atoms with van der Waals surface area (Å²) in [5.74, 6) is 1.61. The summed E-state index contributed by atoms with van der Waals surface area (Å²) in [5, 5.41) is 18.1. The second-order valence-electron chi connectivity index (χ2n) is 24.2. The van der Waals surface area contributed by atoms with E-state index in [1.165, 1.54) is 0 Å². The third-order valence-electron chi connectivity index (χ3n) is 19.8. The van der Waals surface area contributed by atoms with Gasteiger partial charge in [-0.25, -0.2) is 0 Å². The Balaban J connectivity index is 0.000000142. The number of hydrogen-bond donors (Lipinski definition) is 0. The maximum absolute atomic E-state index is 5.13. The van der Waals surface area contributed by atoms with Crippen molar-refractivity contribution in [2.45, 2.75) is 21.9 Å². The molecule has 8 aromatic heterocycles. The fourth-order valence-electron chi connectivity index (χ4n) is 16.2. The van der Waals surface area contributed by atoms with Crippen molar-refractivity contribution >= 4 is 35.0 Å². The van der Waals surface area contributed by atoms with E-state index in [2.05, 4.69) is 213 Å². The molecule has 0 N–H and O–H groups in total. The summed E-state index contributed by atoms with van der Waals surface area (Å²) in [6.07, 6.45) is 14.7. The van der Waals surface area contributed by atoms with Crippen LogP contribution in [0.15, 0.2) is 268 Å². The number of nitrogens with zero attached hydrogens (tertiary/aromatic N) is 14. The van der Waals surface area contributed by atoms with Gasteiger partial charge in [0.25, 0.3) is 11.1 Å². The Morgan fingerprint density at radius 3 is 1.04 bits per heavy atom. The molecule has 20 rings (SSSR count). The number of aromatic nitrogens is 10. The number of pyridine rings is 6. The molecule has 10 heterocycles. The van der Waals surface area contributed by atoms with Crippen LogP contribution >= 0.6 is 0 Å². The number of benzene rings is 6. The minimum Gasteiger partial charge on any atom is -0.581 e. The molecular weight excluding hydrogens is 1550 g/mol. The summed E-state index contributed by atoms with van der Waals surface area (Å²) in [6, 6.07) is 90.9. The number of hydrogen-bond acceptors (Lipinski definition) is 8. The Bertz CT molecular complexity index is 5160. The van der Waals surface area contributed by atoms with Gasteiger partial charge in [-0.3, -0.25) is 19.9 Å². The largest absolute Gasteiger partial charge is 2.00 e. The van der Waals surface area contributed by atoms with Gasteiger partial charge in [0.05, 0.1) is 22.2 Å². The molecule has 0 spiro atoms. The quantitative estimate of drug-likeness (QED) is 0.107. The average Bonchev–Trinajstić information content (AvgIpc) is 1.53. The minimum atomic E-state index is -0.930. The van der Waals surface area contributed by atoms with Gasteiger partial charge in [-0.15, -0.1) is 11.1 Å². The normalized spacial score (nSPS) is 19.3. The molecule has 0 saturated carbocycles. The summed E-state index contributed by atoms with van der Waals surface area (Å²) < 4.78 is 8.32. The van der Waals surface area contributed by atoms with Crippen molar-refractivity contribution < 1.29 is 60.4 Å². The van der Waals surface area contributed by atoms with E-state index in [0.717, 1.165) is 146 Å². The molecule has 0 fully saturated rings. The van der Waals surface area contributed by atoms with Gasteiger partial charge in [0.15, 0.2) is 14.1 Å². The molecule has 96 heavy (non-hydrogen) atoms. The van der Waals surface area contributed by atoms with E-state index in [-0.39, 0.29) is 42.1 Å². The predicted octanol–water partition coefficient (Wildman–Crippen LogP) is 12.9. The molecule has 6 aliphatic rings. The maximum Gasteiger partial charge on any atom is 2.00 e. The summed E-state index contributed by atoms with van der Waals surface area (Å²) in [7, 11) is 4.02. The Labute approximate surface area is 580 Å². The summed E-state index contributed by atoms with van der Waals surface area (Å²) in [5.41, 5.74) is 20.6. The zero-order valence-electron chi connectivity index (χ0n) is 51.3. The SMILES string of the molecule is C[N+]1=C=[N+](C2(c3[c-]c(C4(c5cc[n-]n5)c5ccccc5-c5cccnc54)ccc3)c3ccccc3-c3cccnc32)c2ncccc21.C[N+]1=C=[N+](C2(c3[c-]c(C4(c5cc[n-]n5)c5ccccc5-c5cccnc54)ccc3)c3ccccc3-c3cccnc32)c2ncccc21.[Pt+2].[Pt+2]. The first-order valence-electron chi connectivity index (χ1n) is 31.2. The van der Waals surface area contributed by atoms with Crippen LogP contribution in [0.5, 0.6) is 0 Å². The first-order valence-corrected chi connectivity index (χ1v) is 31.2. The molecule has 14 nitrogen and oxygen atoms in total. The second kappa shape index (κ2) is 22.2. The summed E-state index contributed by atoms with van der Waals surface area (Å²) in [6.45, 7) is 0. The third kappa shape index (κ3) is 7.66. The van der Waals surface area contributed by atoms with E-state index in [9.17, 15) is 0 Å². The predicted molar refractivity (Wildman–Crippen MR) is 352 cm³/mol. The van der Waals surface area contributed by atoms with Gasteiger partial charge in [-0.1, -0.05) is 163 Å². The maximum atomic E-state index is 5.13. The summed E-state index contributed by atoms with van der Waals surface area (Å²) >= 11 is 0. The molecule has 4 aliphatic carbocycles. The molecule has 4 atom stereocenters. The van der Waals surface area contributed by atoms with Crippen LogP contribution in [0, 0.1) is 12.1 Å². The van der Waals surface area contributed by atoms with Crippen molar-refractivity contribution in [1.29, 1.82) is 0 Å². The van der Waals surface area contributed by atoms with Gasteiger partial charge in [0.2, 0.25) is 0 Å². The van der Waals surface area contributed by atoms with Gasteiger partial charge >= 0.3 is 77.2 Å². The molecular formula is C80H50N14Pt2+4. The third-order valence-corrected chi connectivity index (χ3v) is 19.8. The van der Waals surface area contributed by atoms with E-state index < -0.39 is 21.9 Å². The van der Waals surface area contributed by atoms with Crippen molar-refractivity contribution in [3.63, 3.8) is 0 Å². The van der Waals surface area contributed by atoms with Crippen LogP contribution in [0.25, 0.3) is 44.5 Å². The molecule has 0 bridgehead atoms. The minimum absolute atomic E-state index is 0. The fourth-order valence-corrected chi connectivity index (χ4v) is 16.2. The van der Waals surface area contributed by atoms with Crippen molar-refractivity contribution in [3.8, 4) is 44.5 Å². The molecule has 0 amide bonds. The van der Waals surface area contributed by atoms with Crippen molar-refractivity contribution in [2.75, 3.05) is 14.1 Å². The number of rotatable bonds is 8. The van der Waals surface area contributed by atoms with Crippen molar-refractivity contribution in [3.05, 3.63) is 359 Å². The van der Waals surface area contributed by atoms with Crippen LogP contribution in [-0.4, -0.2) is 84.5 Å². The Morgan fingerprint density at radius 2 is 0.646 bits per heavy atom. The zero-order chi connectivity index (χ0) is 62.3. The fraction of sp³-hybridized carbons (Fsp3) is 0.0750. The van der Waals surface area contributed by atoms with Crippen LogP contribution in [0.2, 0.25) is 0 Å². The standard InChI is InChI=1S/2C40H25N7.2Pt/c2*1-46-25-47(38-34(46)18-9-22-43-38)40(33-17-5-3-13-29(33)31-15-8-21-42-37(31)40)27-11-6-10-26(24-27)39(35-19-23-44-45-35)32-16-4-2-12-28(32)30-14-7-20-41-36(30)39;;/h2*2-23H,1H3;;/q;;2*+2. The van der Waals surface area contributed by atoms with Crippen LogP contribution in [-0.2, 0) is 64.0 Å². The van der Waals surface area contributed by atoms with E-state index in [1.807, 2.05) is 109 Å². The summed E-state index contributed by atoms with van der Waals surface area (Å²) in [4.78, 5) is 30.2. The van der Waals surface area contributed by atoms with E-state index in [0.29, 0.717) is 0 Å². The molecule has 4 unspecified atom stereocenters. The molecule has 0 saturated heterocycles. The zero-order valence-corrected chi connectivity index (χ0v) is 55.8. The Morgan fingerprint density at radius 1 is 0.323 bits per heavy atom. The monoisotopic (exact) mass is 1600 g/mol. The average molecular weight is 1600 g/mol. The van der Waals surface area contributed by atoms with Gasteiger partial charge in [-0.05, 0) is 69.8 Å². The molecule has 456 valence electrons. The van der Waals surface area contributed by atoms with Gasteiger partial charge < -0.3 is 20.4 Å². The van der Waals surface area contributed by atoms with Gasteiger partial charge in [-0.2, -0.15) is 70.9 Å². The second-order valence-corrected chi connectivity index (χ2v) is 24.2. The van der Waals surface area contributed by atoms with Gasteiger partial charge in [0.1, 0.15) is 11.4 Å². The van der Waals surface area contributed by atoms with Crippen LogP contribution in [0.1, 0.15) is 78.7 Å². The van der Waals surface area contributed by atoms with Crippen LogP contribution < -0.4 is 10.2 Å². The topological polar surface area (TPSA) is 143 Å². The molecule has 0 radical (unpaired) electrons. The molecule has 14 aromatic rings. The molecule has 6 aromatic carbocycles. The number of fused-ring (bicyclic) bond motifs is 14. The van der Waals surface area contributed by atoms with Crippen LogP contribution in [0.4, 0.5) is 23.0 Å². The van der Waals surface area contributed by atoms with E-state index in [1.54, 1.807) is 12.4 Å². The molecule has 2 aliphatic heterocycles. The van der Waals surface area contributed by atoms with Gasteiger partial charge in [0, 0.05) is 94.1 Å². The van der Waals surface area contributed by atoms with Crippen LogP contribution in [0.3, 0.4) is 0 Å². The van der Waals surface area contributed by atoms with E-state index in [4.69, 9.17) is 40.1 Å². The Hall–Kier alpha value is -11.2. The molecule has 16 heteroatoms. The Kier molecular flexibility index (Phi) is 13.6. The first kappa shape index (κ1) is 58.6. The first-order chi connectivity index (χ1) is 46.5.